The summed E-state index contributed by atoms with van der Waals surface area (Å²) in [4.78, 5) is 35.2. The molecule has 136 valence electrons. The van der Waals surface area contributed by atoms with Gasteiger partial charge < -0.3 is 15.4 Å². The maximum atomic E-state index is 12.8. The van der Waals surface area contributed by atoms with Gasteiger partial charge in [-0.15, -0.1) is 0 Å². The van der Waals surface area contributed by atoms with Crippen molar-refractivity contribution in [1.29, 1.82) is 0 Å². The van der Waals surface area contributed by atoms with Gasteiger partial charge in [-0.3, -0.25) is 19.5 Å². The largest absolute Gasteiger partial charge is 0.492 e. The second kappa shape index (κ2) is 6.80. The fourth-order valence-electron chi connectivity index (χ4n) is 3.48. The molecule has 0 radical (unpaired) electrons. The van der Waals surface area contributed by atoms with E-state index in [1.807, 2.05) is 24.3 Å². The van der Waals surface area contributed by atoms with Crippen molar-refractivity contribution in [2.24, 2.45) is 0 Å². The molecule has 0 atom stereocenters. The van der Waals surface area contributed by atoms with Gasteiger partial charge >= 0.3 is 0 Å². The molecule has 0 saturated heterocycles. The summed E-state index contributed by atoms with van der Waals surface area (Å²) < 4.78 is 5.75. The number of anilines is 1. The number of amides is 1. The number of ether oxygens (including phenoxy) is 1. The minimum atomic E-state index is -0.208. The number of hydrogen-bond acceptors (Lipinski definition) is 6. The number of nitrogens with one attached hydrogen (secondary N) is 1. The highest BCUT2D eigenvalue weighted by atomic mass is 16.5. The molecule has 1 aromatic heterocycles. The Labute approximate surface area is 150 Å². The van der Waals surface area contributed by atoms with Gasteiger partial charge in [0.2, 0.25) is 11.9 Å². The fourth-order valence-corrected chi connectivity index (χ4v) is 3.48. The van der Waals surface area contributed by atoms with Crippen molar-refractivity contribution < 1.29 is 9.53 Å². The number of nitrogens with zero attached hydrogens (tertiary/aromatic N) is 3. The molecule has 0 fully saturated rings. The molecule has 3 N–H and O–H groups in total. The highest BCUT2D eigenvalue weighted by molar-refractivity contribution is 5.78. The van der Waals surface area contributed by atoms with Crippen LogP contribution in [0.15, 0.2) is 29.1 Å². The summed E-state index contributed by atoms with van der Waals surface area (Å²) in [6.45, 7) is 3.07. The number of fused-ring (bicyclic) bond motifs is 2. The minimum absolute atomic E-state index is 0.0238. The number of nitrogen functional groups attached to an aromatic ring is 1. The Bertz CT molecular complexity index is 895. The molecule has 1 amide bonds. The number of rotatable bonds is 2. The Kier molecular flexibility index (Phi) is 4.34. The predicted octanol–water partition coefficient (Wildman–Crippen LogP) is 0.131. The Balaban J connectivity index is 1.45. The van der Waals surface area contributed by atoms with Crippen LogP contribution in [0.1, 0.15) is 16.8 Å². The fraction of sp³-hybridized carbons (Fsp3) is 0.389. The van der Waals surface area contributed by atoms with Crippen LogP contribution in [0.2, 0.25) is 0 Å². The number of benzene rings is 1. The summed E-state index contributed by atoms with van der Waals surface area (Å²) in [5.41, 5.74) is 7.72. The van der Waals surface area contributed by atoms with Gasteiger partial charge in [-0.05, 0) is 12.5 Å². The number of aromatic amines is 1. The average Bonchev–Trinajstić information content (AvgIpc) is 2.82. The van der Waals surface area contributed by atoms with Gasteiger partial charge in [-0.2, -0.15) is 0 Å². The van der Waals surface area contributed by atoms with E-state index in [2.05, 4.69) is 14.9 Å². The second-order valence-electron chi connectivity index (χ2n) is 6.61. The van der Waals surface area contributed by atoms with E-state index in [0.717, 1.165) is 11.3 Å². The minimum Gasteiger partial charge on any atom is -0.492 e. The van der Waals surface area contributed by atoms with E-state index in [4.69, 9.17) is 10.5 Å². The SMILES string of the molecule is Nc1nc2c(c(=O)[nH]1)CCN(C(=O)CN1CCOc3ccccc3C1)C2. The maximum absolute atomic E-state index is 12.8. The van der Waals surface area contributed by atoms with Crippen molar-refractivity contribution in [2.45, 2.75) is 19.5 Å². The zero-order chi connectivity index (χ0) is 18.1. The van der Waals surface area contributed by atoms with Crippen molar-refractivity contribution in [2.75, 3.05) is 32.0 Å². The highest BCUT2D eigenvalue weighted by Gasteiger charge is 2.26. The third-order valence-corrected chi connectivity index (χ3v) is 4.84. The van der Waals surface area contributed by atoms with Crippen molar-refractivity contribution in [3.63, 3.8) is 0 Å². The molecule has 8 nitrogen and oxygen atoms in total. The van der Waals surface area contributed by atoms with Crippen LogP contribution in [0.25, 0.3) is 0 Å². The van der Waals surface area contributed by atoms with Crippen LogP contribution in [-0.2, 0) is 24.3 Å². The Hall–Kier alpha value is -2.87. The van der Waals surface area contributed by atoms with Gasteiger partial charge in [0.15, 0.2) is 0 Å². The molecule has 4 rings (SSSR count). The Morgan fingerprint density at radius 1 is 1.27 bits per heavy atom. The standard InChI is InChI=1S/C18H21N5O3/c19-18-20-14-10-23(6-5-13(14)17(25)21-18)16(24)11-22-7-8-26-15-4-2-1-3-12(15)9-22/h1-4H,5-11H2,(H3,19,20,21,25). The smallest absolute Gasteiger partial charge is 0.255 e. The molecule has 3 heterocycles. The van der Waals surface area contributed by atoms with Crippen LogP contribution in [0.4, 0.5) is 5.95 Å². The lowest BCUT2D eigenvalue weighted by Crippen LogP contribution is -2.44. The normalized spacial score (nSPS) is 17.0. The summed E-state index contributed by atoms with van der Waals surface area (Å²) in [6.07, 6.45) is 0.496. The number of aromatic nitrogens is 2. The van der Waals surface area contributed by atoms with E-state index < -0.39 is 0 Å². The Morgan fingerprint density at radius 2 is 2.12 bits per heavy atom. The monoisotopic (exact) mass is 355 g/mol. The first-order valence-electron chi connectivity index (χ1n) is 8.68. The lowest BCUT2D eigenvalue weighted by Gasteiger charge is -2.30. The van der Waals surface area contributed by atoms with Crippen LogP contribution >= 0.6 is 0 Å². The third kappa shape index (κ3) is 3.28. The van der Waals surface area contributed by atoms with Crippen LogP contribution in [0, 0.1) is 0 Å². The second-order valence-corrected chi connectivity index (χ2v) is 6.61. The highest BCUT2D eigenvalue weighted by Crippen LogP contribution is 2.22. The van der Waals surface area contributed by atoms with E-state index in [0.29, 0.717) is 57.0 Å². The van der Waals surface area contributed by atoms with Gasteiger partial charge in [-0.1, -0.05) is 18.2 Å². The van der Waals surface area contributed by atoms with Gasteiger partial charge in [0.1, 0.15) is 12.4 Å². The zero-order valence-electron chi connectivity index (χ0n) is 14.4. The third-order valence-electron chi connectivity index (χ3n) is 4.84. The van der Waals surface area contributed by atoms with Crippen LogP contribution < -0.4 is 16.0 Å². The average molecular weight is 355 g/mol. The number of carbonyl (C=O) groups is 1. The lowest BCUT2D eigenvalue weighted by molar-refractivity contribution is -0.133. The molecular formula is C18H21N5O3. The van der Waals surface area contributed by atoms with Crippen molar-refractivity contribution >= 4 is 11.9 Å². The lowest BCUT2D eigenvalue weighted by atomic mass is 10.1. The summed E-state index contributed by atoms with van der Waals surface area (Å²) >= 11 is 0. The van der Waals surface area contributed by atoms with Gasteiger partial charge in [0, 0.05) is 30.8 Å². The number of H-pyrrole nitrogens is 1. The first kappa shape index (κ1) is 16.6. The van der Waals surface area contributed by atoms with E-state index in [9.17, 15) is 9.59 Å². The zero-order valence-corrected chi connectivity index (χ0v) is 14.4. The van der Waals surface area contributed by atoms with Crippen LogP contribution in [0.5, 0.6) is 5.75 Å². The topological polar surface area (TPSA) is 105 Å². The van der Waals surface area contributed by atoms with Gasteiger partial charge in [0.25, 0.3) is 5.56 Å². The molecule has 2 aromatic rings. The molecule has 26 heavy (non-hydrogen) atoms. The van der Waals surface area contributed by atoms with E-state index >= 15 is 0 Å². The van der Waals surface area contributed by atoms with Gasteiger partial charge in [-0.25, -0.2) is 4.98 Å². The van der Waals surface area contributed by atoms with Gasteiger partial charge in [0.05, 0.1) is 18.8 Å². The van der Waals surface area contributed by atoms with Crippen molar-refractivity contribution in [1.82, 2.24) is 19.8 Å². The van der Waals surface area contributed by atoms with Crippen molar-refractivity contribution in [3.8, 4) is 5.75 Å². The Morgan fingerprint density at radius 3 is 3.00 bits per heavy atom. The predicted molar refractivity (Wildman–Crippen MR) is 95.6 cm³/mol. The van der Waals surface area contributed by atoms with E-state index in [1.165, 1.54) is 0 Å². The van der Waals surface area contributed by atoms with Crippen molar-refractivity contribution in [3.05, 3.63) is 51.4 Å². The molecule has 2 aliphatic rings. The molecular weight excluding hydrogens is 334 g/mol. The first-order chi connectivity index (χ1) is 12.6. The number of hydrogen-bond donors (Lipinski definition) is 2. The van der Waals surface area contributed by atoms with Crippen LogP contribution in [0.3, 0.4) is 0 Å². The van der Waals surface area contributed by atoms with E-state index in [-0.39, 0.29) is 17.4 Å². The van der Waals surface area contributed by atoms with Crippen LogP contribution in [-0.4, -0.2) is 51.9 Å². The summed E-state index contributed by atoms with van der Waals surface area (Å²) in [7, 11) is 0. The molecule has 2 aliphatic heterocycles. The van der Waals surface area contributed by atoms with E-state index in [1.54, 1.807) is 4.90 Å². The molecule has 0 unspecified atom stereocenters. The quantitative estimate of drug-likeness (QED) is 0.794. The maximum Gasteiger partial charge on any atom is 0.255 e. The molecule has 0 aliphatic carbocycles. The molecule has 0 spiro atoms. The molecule has 8 heteroatoms. The molecule has 0 saturated carbocycles. The summed E-state index contributed by atoms with van der Waals surface area (Å²) in [5.74, 6) is 0.994. The summed E-state index contributed by atoms with van der Waals surface area (Å²) in [5, 5.41) is 0. The molecule has 0 bridgehead atoms. The number of nitrogens with two attached hydrogens (primary N) is 1. The first-order valence-corrected chi connectivity index (χ1v) is 8.68. The number of carbonyl (C=O) groups excluding carboxylic acids is 1. The summed E-state index contributed by atoms with van der Waals surface area (Å²) in [6, 6.07) is 7.90. The number of para-hydroxylation sites is 1. The molecule has 1 aromatic carbocycles.